The highest BCUT2D eigenvalue weighted by Gasteiger charge is 2.05. The average Bonchev–Trinajstić information content (AvgIpc) is 2.86. The Hall–Kier alpha value is -1.58. The summed E-state index contributed by atoms with van der Waals surface area (Å²) in [6.45, 7) is 1.80. The molecule has 2 aromatic carbocycles. The number of hydrogen-bond donors (Lipinski definition) is 1. The molecular formula is C17H17BrN2. The molecule has 0 amide bonds. The van der Waals surface area contributed by atoms with E-state index in [4.69, 9.17) is 0 Å². The van der Waals surface area contributed by atoms with Crippen LogP contribution in [0.25, 0.3) is 10.9 Å². The number of nitrogens with zero attached hydrogens (tertiary/aromatic N) is 1. The molecule has 3 heteroatoms. The van der Waals surface area contributed by atoms with Gasteiger partial charge in [-0.3, -0.25) is 0 Å². The molecule has 0 aliphatic rings. The molecule has 0 fully saturated rings. The van der Waals surface area contributed by atoms with Crippen molar-refractivity contribution >= 4 is 26.8 Å². The second-order valence-electron chi connectivity index (χ2n) is 4.95. The van der Waals surface area contributed by atoms with Gasteiger partial charge in [0.15, 0.2) is 0 Å². The van der Waals surface area contributed by atoms with Crippen molar-refractivity contribution in [2.45, 2.75) is 13.1 Å². The maximum absolute atomic E-state index is 3.48. The van der Waals surface area contributed by atoms with E-state index in [0.717, 1.165) is 17.6 Å². The van der Waals surface area contributed by atoms with Crippen molar-refractivity contribution in [3.8, 4) is 0 Å². The van der Waals surface area contributed by atoms with Gasteiger partial charge in [0.1, 0.15) is 0 Å². The Bertz CT molecular complexity index is 713. The van der Waals surface area contributed by atoms with E-state index >= 15 is 0 Å². The van der Waals surface area contributed by atoms with Crippen LogP contribution in [-0.4, -0.2) is 11.6 Å². The smallest absolute Gasteiger partial charge is 0.0486 e. The molecule has 0 saturated carbocycles. The lowest BCUT2D eigenvalue weighted by atomic mass is 10.1. The van der Waals surface area contributed by atoms with Crippen LogP contribution in [0, 0.1) is 0 Å². The lowest BCUT2D eigenvalue weighted by molar-refractivity contribution is 0.821. The van der Waals surface area contributed by atoms with E-state index in [1.807, 2.05) is 7.05 Å². The first-order valence-electron chi connectivity index (χ1n) is 6.74. The number of fused-ring (bicyclic) bond motifs is 1. The van der Waals surface area contributed by atoms with Crippen molar-refractivity contribution in [2.24, 2.45) is 0 Å². The lowest BCUT2D eigenvalue weighted by Crippen LogP contribution is -2.05. The van der Waals surface area contributed by atoms with Crippen molar-refractivity contribution in [1.29, 1.82) is 0 Å². The van der Waals surface area contributed by atoms with Crippen LogP contribution in [0.4, 0.5) is 0 Å². The minimum Gasteiger partial charge on any atom is -0.343 e. The summed E-state index contributed by atoms with van der Waals surface area (Å²) in [4.78, 5) is 0. The van der Waals surface area contributed by atoms with Crippen LogP contribution in [0.5, 0.6) is 0 Å². The Labute approximate surface area is 127 Å². The van der Waals surface area contributed by atoms with Crippen molar-refractivity contribution in [3.05, 3.63) is 70.3 Å². The molecule has 0 atom stereocenters. The fourth-order valence-corrected chi connectivity index (χ4v) is 2.82. The van der Waals surface area contributed by atoms with E-state index in [0.29, 0.717) is 0 Å². The van der Waals surface area contributed by atoms with Crippen LogP contribution in [-0.2, 0) is 13.1 Å². The fourth-order valence-electron chi connectivity index (χ4n) is 2.56. The van der Waals surface area contributed by atoms with Gasteiger partial charge in [0, 0.05) is 34.7 Å². The lowest BCUT2D eigenvalue weighted by Gasteiger charge is -2.07. The van der Waals surface area contributed by atoms with Gasteiger partial charge in [-0.1, -0.05) is 40.2 Å². The predicted molar refractivity (Wildman–Crippen MR) is 87.9 cm³/mol. The molecule has 3 rings (SSSR count). The third-order valence-electron chi connectivity index (χ3n) is 3.54. The summed E-state index contributed by atoms with van der Waals surface area (Å²) in [5.74, 6) is 0. The van der Waals surface area contributed by atoms with Crippen LogP contribution in [0.15, 0.2) is 59.2 Å². The quantitative estimate of drug-likeness (QED) is 0.760. The first kappa shape index (κ1) is 13.4. The van der Waals surface area contributed by atoms with Crippen LogP contribution >= 0.6 is 15.9 Å². The highest BCUT2D eigenvalue weighted by atomic mass is 79.9. The summed E-state index contributed by atoms with van der Waals surface area (Å²) in [7, 11) is 1.98. The topological polar surface area (TPSA) is 17.0 Å². The molecule has 0 radical (unpaired) electrons. The van der Waals surface area contributed by atoms with Gasteiger partial charge < -0.3 is 9.88 Å². The molecule has 0 spiro atoms. The Kier molecular flexibility index (Phi) is 3.90. The number of rotatable bonds is 4. The van der Waals surface area contributed by atoms with E-state index in [-0.39, 0.29) is 0 Å². The minimum absolute atomic E-state index is 0.902. The van der Waals surface area contributed by atoms with Gasteiger partial charge in [-0.15, -0.1) is 0 Å². The fraction of sp³-hybridized carbons (Fsp3) is 0.176. The third kappa shape index (κ3) is 2.65. The molecule has 0 aliphatic heterocycles. The van der Waals surface area contributed by atoms with Crippen molar-refractivity contribution in [2.75, 3.05) is 7.05 Å². The molecular weight excluding hydrogens is 312 g/mol. The van der Waals surface area contributed by atoms with Crippen molar-refractivity contribution < 1.29 is 0 Å². The van der Waals surface area contributed by atoms with E-state index in [1.165, 1.54) is 22.0 Å². The van der Waals surface area contributed by atoms with Crippen molar-refractivity contribution in [1.82, 2.24) is 9.88 Å². The SMILES string of the molecule is CNCc1cccc2c1ccn2Cc1ccc(Br)cc1. The third-order valence-corrected chi connectivity index (χ3v) is 4.07. The second-order valence-corrected chi connectivity index (χ2v) is 5.87. The highest BCUT2D eigenvalue weighted by Crippen LogP contribution is 2.21. The molecule has 1 heterocycles. The van der Waals surface area contributed by atoms with Crippen LogP contribution in [0.1, 0.15) is 11.1 Å². The zero-order valence-electron chi connectivity index (χ0n) is 11.4. The summed E-state index contributed by atoms with van der Waals surface area (Å²) in [5.41, 5.74) is 3.95. The predicted octanol–water partition coefficient (Wildman–Crippen LogP) is 4.17. The Morgan fingerprint density at radius 1 is 1.05 bits per heavy atom. The molecule has 1 aromatic heterocycles. The number of halogens is 1. The second kappa shape index (κ2) is 5.81. The maximum Gasteiger partial charge on any atom is 0.0486 e. The number of hydrogen-bond acceptors (Lipinski definition) is 1. The Morgan fingerprint density at radius 2 is 1.85 bits per heavy atom. The molecule has 1 N–H and O–H groups in total. The van der Waals surface area contributed by atoms with Gasteiger partial charge in [-0.2, -0.15) is 0 Å². The van der Waals surface area contributed by atoms with Gasteiger partial charge in [0.25, 0.3) is 0 Å². The zero-order chi connectivity index (χ0) is 13.9. The molecule has 102 valence electrons. The first-order chi connectivity index (χ1) is 9.78. The van der Waals surface area contributed by atoms with E-state index < -0.39 is 0 Å². The first-order valence-corrected chi connectivity index (χ1v) is 7.53. The summed E-state index contributed by atoms with van der Waals surface area (Å²) in [5, 5.41) is 4.56. The van der Waals surface area contributed by atoms with Gasteiger partial charge >= 0.3 is 0 Å². The molecule has 2 nitrogen and oxygen atoms in total. The normalized spacial score (nSPS) is 11.1. The highest BCUT2D eigenvalue weighted by molar-refractivity contribution is 9.10. The Morgan fingerprint density at radius 3 is 2.60 bits per heavy atom. The van der Waals surface area contributed by atoms with Gasteiger partial charge in [0.05, 0.1) is 0 Å². The summed E-state index contributed by atoms with van der Waals surface area (Å²) >= 11 is 3.48. The van der Waals surface area contributed by atoms with E-state index in [9.17, 15) is 0 Å². The van der Waals surface area contributed by atoms with Crippen molar-refractivity contribution in [3.63, 3.8) is 0 Å². The van der Waals surface area contributed by atoms with Gasteiger partial charge in [-0.05, 0) is 42.4 Å². The van der Waals surface area contributed by atoms with E-state index in [2.05, 4.69) is 80.5 Å². The van der Waals surface area contributed by atoms with Gasteiger partial charge in [-0.25, -0.2) is 0 Å². The van der Waals surface area contributed by atoms with Crippen LogP contribution in [0.2, 0.25) is 0 Å². The van der Waals surface area contributed by atoms with Gasteiger partial charge in [0.2, 0.25) is 0 Å². The molecule has 0 unspecified atom stereocenters. The maximum atomic E-state index is 3.48. The monoisotopic (exact) mass is 328 g/mol. The number of benzene rings is 2. The summed E-state index contributed by atoms with van der Waals surface area (Å²) in [6.07, 6.45) is 2.17. The average molecular weight is 329 g/mol. The summed E-state index contributed by atoms with van der Waals surface area (Å²) in [6, 6.07) is 17.2. The van der Waals surface area contributed by atoms with E-state index in [1.54, 1.807) is 0 Å². The number of nitrogens with one attached hydrogen (secondary N) is 1. The molecule has 0 saturated heterocycles. The molecule has 0 bridgehead atoms. The van der Waals surface area contributed by atoms with Crippen LogP contribution in [0.3, 0.4) is 0 Å². The Balaban J connectivity index is 1.96. The summed E-state index contributed by atoms with van der Waals surface area (Å²) < 4.78 is 3.42. The molecule has 0 aliphatic carbocycles. The minimum atomic E-state index is 0.902. The number of aromatic nitrogens is 1. The zero-order valence-corrected chi connectivity index (χ0v) is 13.0. The standard InChI is InChI=1S/C17H17BrN2/c1-19-11-14-3-2-4-17-16(14)9-10-20(17)12-13-5-7-15(18)8-6-13/h2-10,19H,11-12H2,1H3. The molecule has 3 aromatic rings. The van der Waals surface area contributed by atoms with Crippen LogP contribution < -0.4 is 5.32 Å². The molecule has 20 heavy (non-hydrogen) atoms. The largest absolute Gasteiger partial charge is 0.343 e.